The van der Waals surface area contributed by atoms with Gasteiger partial charge in [-0.3, -0.25) is 0 Å². The van der Waals surface area contributed by atoms with Gasteiger partial charge in [0.1, 0.15) is 0 Å². The van der Waals surface area contributed by atoms with Crippen LogP contribution in [0.4, 0.5) is 26.3 Å². The summed E-state index contributed by atoms with van der Waals surface area (Å²) in [5, 5.41) is 3.44. The molecule has 2 nitrogen and oxygen atoms in total. The van der Waals surface area contributed by atoms with Gasteiger partial charge < -0.3 is 10.1 Å². The molecule has 1 spiro atoms. The average molecular weight is 443 g/mol. The van der Waals surface area contributed by atoms with Crippen molar-refractivity contribution in [1.82, 2.24) is 5.32 Å². The van der Waals surface area contributed by atoms with Gasteiger partial charge in [0.15, 0.2) is 0 Å². The smallest absolute Gasteiger partial charge is 0.373 e. The van der Waals surface area contributed by atoms with Crippen molar-refractivity contribution in [2.24, 2.45) is 0 Å². The number of rotatable bonds is 5. The van der Waals surface area contributed by atoms with Crippen LogP contribution in [0.15, 0.2) is 48.5 Å². The molecule has 4 rings (SSSR count). The van der Waals surface area contributed by atoms with E-state index in [4.69, 9.17) is 4.74 Å². The Morgan fingerprint density at radius 3 is 1.94 bits per heavy atom. The van der Waals surface area contributed by atoms with Gasteiger partial charge in [0.05, 0.1) is 23.8 Å². The molecule has 31 heavy (non-hydrogen) atoms. The third-order valence-corrected chi connectivity index (χ3v) is 6.53. The van der Waals surface area contributed by atoms with Gasteiger partial charge in [0, 0.05) is 11.0 Å². The summed E-state index contributed by atoms with van der Waals surface area (Å²) in [7, 11) is 0. The summed E-state index contributed by atoms with van der Waals surface area (Å²) in [5.74, 6) is 0. The van der Waals surface area contributed by atoms with Crippen molar-refractivity contribution in [3.8, 4) is 0 Å². The molecule has 168 valence electrons. The van der Waals surface area contributed by atoms with Gasteiger partial charge in [0.25, 0.3) is 0 Å². The molecule has 0 radical (unpaired) electrons. The SMILES string of the molecule is CC(OCC1(c2ccccc2)CC2(CCN2)C1)c1cc(C(F)(F)F)cc(C(F)(F)F)c1. The van der Waals surface area contributed by atoms with Crippen LogP contribution >= 0.6 is 0 Å². The number of hydrogen-bond acceptors (Lipinski definition) is 2. The lowest BCUT2D eigenvalue weighted by Gasteiger charge is -2.61. The fourth-order valence-corrected chi connectivity index (χ4v) is 4.80. The molecule has 1 aliphatic heterocycles. The highest BCUT2D eigenvalue weighted by Gasteiger charge is 2.58. The first-order chi connectivity index (χ1) is 14.4. The summed E-state index contributed by atoms with van der Waals surface area (Å²) in [6.45, 7) is 2.66. The highest BCUT2D eigenvalue weighted by atomic mass is 19.4. The molecule has 0 amide bonds. The zero-order chi connectivity index (χ0) is 22.5. The summed E-state index contributed by atoms with van der Waals surface area (Å²) in [5.41, 5.74) is -1.96. The molecule has 2 aromatic rings. The third-order valence-electron chi connectivity index (χ3n) is 6.53. The van der Waals surface area contributed by atoms with Gasteiger partial charge in [-0.2, -0.15) is 26.3 Å². The molecule has 1 N–H and O–H groups in total. The highest BCUT2D eigenvalue weighted by molar-refractivity contribution is 5.36. The van der Waals surface area contributed by atoms with E-state index < -0.39 is 29.6 Å². The Balaban J connectivity index is 1.56. The minimum Gasteiger partial charge on any atom is -0.373 e. The zero-order valence-corrected chi connectivity index (χ0v) is 16.9. The molecular formula is C23H23F6NO. The van der Waals surface area contributed by atoms with Gasteiger partial charge >= 0.3 is 12.4 Å². The third kappa shape index (κ3) is 4.32. The van der Waals surface area contributed by atoms with E-state index in [2.05, 4.69) is 5.32 Å². The maximum Gasteiger partial charge on any atom is 0.416 e. The Hall–Kier alpha value is -2.06. The van der Waals surface area contributed by atoms with Crippen molar-refractivity contribution in [2.75, 3.05) is 13.2 Å². The Morgan fingerprint density at radius 2 is 1.48 bits per heavy atom. The molecule has 1 aliphatic carbocycles. The second-order valence-electron chi connectivity index (χ2n) is 8.75. The predicted octanol–water partition coefficient (Wildman–Crippen LogP) is 6.27. The van der Waals surface area contributed by atoms with Crippen molar-refractivity contribution in [3.63, 3.8) is 0 Å². The number of benzene rings is 2. The average Bonchev–Trinajstić information content (AvgIpc) is 2.65. The molecule has 1 atom stereocenters. The van der Waals surface area contributed by atoms with Gasteiger partial charge in [-0.1, -0.05) is 30.3 Å². The molecule has 2 fully saturated rings. The van der Waals surface area contributed by atoms with E-state index in [1.165, 1.54) is 6.92 Å². The number of nitrogens with one attached hydrogen (secondary N) is 1. The lowest BCUT2D eigenvalue weighted by Crippen LogP contribution is -2.70. The Kier molecular flexibility index (Phi) is 5.37. The van der Waals surface area contributed by atoms with Crippen LogP contribution in [0.3, 0.4) is 0 Å². The van der Waals surface area contributed by atoms with Crippen LogP contribution in [0.25, 0.3) is 0 Å². The second-order valence-corrected chi connectivity index (χ2v) is 8.75. The fraction of sp³-hybridized carbons (Fsp3) is 0.478. The summed E-state index contributed by atoms with van der Waals surface area (Å²) in [4.78, 5) is 0. The van der Waals surface area contributed by atoms with Gasteiger partial charge in [-0.15, -0.1) is 0 Å². The molecule has 1 saturated carbocycles. The molecule has 1 unspecified atom stereocenters. The van der Waals surface area contributed by atoms with Crippen molar-refractivity contribution >= 4 is 0 Å². The first kappa shape index (κ1) is 22.1. The van der Waals surface area contributed by atoms with Gasteiger partial charge in [-0.25, -0.2) is 0 Å². The quantitative estimate of drug-likeness (QED) is 0.551. The van der Waals surface area contributed by atoms with Crippen LogP contribution in [0.5, 0.6) is 0 Å². The number of ether oxygens (including phenoxy) is 1. The van der Waals surface area contributed by atoms with E-state index in [9.17, 15) is 26.3 Å². The lowest BCUT2D eigenvalue weighted by atomic mass is 9.51. The van der Waals surface area contributed by atoms with Crippen molar-refractivity contribution in [3.05, 3.63) is 70.8 Å². The fourth-order valence-electron chi connectivity index (χ4n) is 4.80. The van der Waals surface area contributed by atoms with Crippen molar-refractivity contribution < 1.29 is 31.1 Å². The molecule has 0 aromatic heterocycles. The summed E-state index contributed by atoms with van der Waals surface area (Å²) in [6, 6.07) is 11.3. The van der Waals surface area contributed by atoms with Crippen LogP contribution < -0.4 is 5.32 Å². The van der Waals surface area contributed by atoms with E-state index in [1.807, 2.05) is 30.3 Å². The Morgan fingerprint density at radius 1 is 0.935 bits per heavy atom. The van der Waals surface area contributed by atoms with E-state index in [0.29, 0.717) is 0 Å². The highest BCUT2D eigenvalue weighted by Crippen LogP contribution is 2.54. The Bertz CT molecular complexity index is 893. The molecule has 2 aromatic carbocycles. The molecule has 8 heteroatoms. The molecule has 2 aliphatic rings. The van der Waals surface area contributed by atoms with Crippen LogP contribution in [0.2, 0.25) is 0 Å². The minimum absolute atomic E-state index is 0.0715. The van der Waals surface area contributed by atoms with E-state index in [1.54, 1.807) is 0 Å². The first-order valence-corrected chi connectivity index (χ1v) is 10.1. The Labute approximate surface area is 176 Å². The monoisotopic (exact) mass is 443 g/mol. The maximum atomic E-state index is 13.2. The molecular weight excluding hydrogens is 420 g/mol. The standard InChI is InChI=1S/C23H23F6NO/c1-15(16-9-18(22(24,25)26)11-19(10-16)23(27,28)29)31-14-20(17-5-3-2-4-6-17)12-21(13-20)7-8-30-21/h2-6,9-11,15,30H,7-8,12-14H2,1H3. The van der Waals surface area contributed by atoms with Crippen molar-refractivity contribution in [2.45, 2.75) is 55.6 Å². The van der Waals surface area contributed by atoms with Crippen LogP contribution in [0, 0.1) is 0 Å². The zero-order valence-electron chi connectivity index (χ0n) is 16.9. The van der Waals surface area contributed by atoms with E-state index in [0.717, 1.165) is 43.5 Å². The minimum atomic E-state index is -4.88. The number of alkyl halides is 6. The van der Waals surface area contributed by atoms with Gasteiger partial charge in [0.2, 0.25) is 0 Å². The number of hydrogen-bond donors (Lipinski definition) is 1. The van der Waals surface area contributed by atoms with Crippen LogP contribution in [0.1, 0.15) is 54.5 Å². The summed E-state index contributed by atoms with van der Waals surface area (Å²) < 4.78 is 85.0. The molecule has 1 heterocycles. The van der Waals surface area contributed by atoms with Gasteiger partial charge in [-0.05, 0) is 62.1 Å². The maximum absolute atomic E-state index is 13.2. The lowest BCUT2D eigenvalue weighted by molar-refractivity contribution is -0.143. The van der Waals surface area contributed by atoms with Crippen molar-refractivity contribution in [1.29, 1.82) is 0 Å². The van der Waals surface area contributed by atoms with Crippen LogP contribution in [-0.2, 0) is 22.5 Å². The topological polar surface area (TPSA) is 21.3 Å². The first-order valence-electron chi connectivity index (χ1n) is 10.1. The second kappa shape index (κ2) is 7.52. The van der Waals surface area contributed by atoms with Crippen LogP contribution in [-0.4, -0.2) is 18.7 Å². The molecule has 0 bridgehead atoms. The summed E-state index contributed by atoms with van der Waals surface area (Å²) >= 11 is 0. The largest absolute Gasteiger partial charge is 0.416 e. The van der Waals surface area contributed by atoms with E-state index >= 15 is 0 Å². The summed E-state index contributed by atoms with van der Waals surface area (Å²) in [6.07, 6.45) is -7.97. The van der Waals surface area contributed by atoms with E-state index in [-0.39, 0.29) is 29.2 Å². The molecule has 1 saturated heterocycles. The normalized spacial score (nSPS) is 26.9. The number of halogens is 6. The predicted molar refractivity (Wildman–Crippen MR) is 104 cm³/mol.